The first-order chi connectivity index (χ1) is 15.0. The van der Waals surface area contributed by atoms with E-state index in [4.69, 9.17) is 4.74 Å². The molecule has 0 unspecified atom stereocenters. The molecule has 1 amide bonds. The van der Waals surface area contributed by atoms with Crippen LogP contribution in [0.15, 0.2) is 71.1 Å². The van der Waals surface area contributed by atoms with E-state index in [0.29, 0.717) is 24.5 Å². The molecule has 0 aromatic heterocycles. The minimum absolute atomic E-state index is 0.101. The molecule has 0 saturated carbocycles. The van der Waals surface area contributed by atoms with E-state index in [1.165, 1.54) is 34.9 Å². The maximum Gasteiger partial charge on any atom is 0.264 e. The summed E-state index contributed by atoms with van der Waals surface area (Å²) >= 11 is 0. The SMILES string of the molecule is CCN(c1ccccc1)S(=O)(=O)c1ccc(OCC(=O)NCCC2=CCCCC2)cc1. The van der Waals surface area contributed by atoms with Gasteiger partial charge in [0.1, 0.15) is 5.75 Å². The first-order valence-corrected chi connectivity index (χ1v) is 12.2. The van der Waals surface area contributed by atoms with Gasteiger partial charge in [-0.05, 0) is 75.4 Å². The number of para-hydroxylation sites is 1. The number of hydrogen-bond donors (Lipinski definition) is 1. The van der Waals surface area contributed by atoms with Crippen LogP contribution in [0.3, 0.4) is 0 Å². The van der Waals surface area contributed by atoms with Gasteiger partial charge < -0.3 is 10.1 Å². The topological polar surface area (TPSA) is 75.7 Å². The van der Waals surface area contributed by atoms with Gasteiger partial charge in [0.2, 0.25) is 0 Å². The normalized spacial score (nSPS) is 13.9. The highest BCUT2D eigenvalue weighted by atomic mass is 32.2. The Morgan fingerprint density at radius 2 is 1.81 bits per heavy atom. The minimum atomic E-state index is -3.68. The van der Waals surface area contributed by atoms with Crippen molar-refractivity contribution in [1.82, 2.24) is 5.32 Å². The fraction of sp³-hybridized carbons (Fsp3) is 0.375. The van der Waals surface area contributed by atoms with E-state index < -0.39 is 10.0 Å². The number of anilines is 1. The Morgan fingerprint density at radius 3 is 2.45 bits per heavy atom. The molecule has 0 heterocycles. The van der Waals surface area contributed by atoms with Crippen molar-refractivity contribution < 1.29 is 17.9 Å². The number of benzene rings is 2. The van der Waals surface area contributed by atoms with Crippen molar-refractivity contribution in [2.24, 2.45) is 0 Å². The molecule has 0 radical (unpaired) electrons. The zero-order chi connectivity index (χ0) is 22.1. The van der Waals surface area contributed by atoms with Crippen molar-refractivity contribution in [3.63, 3.8) is 0 Å². The van der Waals surface area contributed by atoms with Crippen molar-refractivity contribution in [3.05, 3.63) is 66.2 Å². The Morgan fingerprint density at radius 1 is 1.06 bits per heavy atom. The number of nitrogens with zero attached hydrogens (tertiary/aromatic N) is 1. The van der Waals surface area contributed by atoms with Crippen LogP contribution < -0.4 is 14.4 Å². The number of carbonyl (C=O) groups excluding carboxylic acids is 1. The van der Waals surface area contributed by atoms with Crippen LogP contribution in [0.5, 0.6) is 5.75 Å². The third-order valence-electron chi connectivity index (χ3n) is 5.27. The predicted molar refractivity (Wildman–Crippen MR) is 123 cm³/mol. The predicted octanol–water partition coefficient (Wildman–Crippen LogP) is 4.29. The highest BCUT2D eigenvalue weighted by molar-refractivity contribution is 7.92. The summed E-state index contributed by atoms with van der Waals surface area (Å²) in [6, 6.07) is 15.2. The number of carbonyl (C=O) groups is 1. The van der Waals surface area contributed by atoms with E-state index in [-0.39, 0.29) is 17.4 Å². The number of amides is 1. The van der Waals surface area contributed by atoms with E-state index in [9.17, 15) is 13.2 Å². The molecule has 0 aliphatic heterocycles. The zero-order valence-electron chi connectivity index (χ0n) is 17.9. The number of allylic oxidation sites excluding steroid dienone is 1. The molecule has 31 heavy (non-hydrogen) atoms. The molecule has 1 aliphatic rings. The molecule has 0 atom stereocenters. The van der Waals surface area contributed by atoms with Crippen LogP contribution in [0.25, 0.3) is 0 Å². The summed E-state index contributed by atoms with van der Waals surface area (Å²) in [6.07, 6.45) is 7.91. The van der Waals surface area contributed by atoms with Gasteiger partial charge >= 0.3 is 0 Å². The van der Waals surface area contributed by atoms with Crippen molar-refractivity contribution in [2.45, 2.75) is 43.9 Å². The quantitative estimate of drug-likeness (QED) is 0.557. The molecule has 0 spiro atoms. The van der Waals surface area contributed by atoms with Gasteiger partial charge in [-0.25, -0.2) is 8.42 Å². The van der Waals surface area contributed by atoms with Gasteiger partial charge in [0, 0.05) is 13.1 Å². The molecular weight excluding hydrogens is 412 g/mol. The molecular formula is C24H30N2O4S. The third-order valence-corrected chi connectivity index (χ3v) is 7.18. The summed E-state index contributed by atoms with van der Waals surface area (Å²) in [4.78, 5) is 12.2. The molecule has 166 valence electrons. The summed E-state index contributed by atoms with van der Waals surface area (Å²) in [7, 11) is -3.68. The molecule has 0 bridgehead atoms. The second kappa shape index (κ2) is 11.0. The average molecular weight is 443 g/mol. The third kappa shape index (κ3) is 6.34. The second-order valence-corrected chi connectivity index (χ2v) is 9.34. The molecule has 6 nitrogen and oxygen atoms in total. The van der Waals surface area contributed by atoms with Crippen LogP contribution in [-0.4, -0.2) is 34.0 Å². The van der Waals surface area contributed by atoms with Crippen molar-refractivity contribution >= 4 is 21.6 Å². The Bertz CT molecular complexity index is 986. The van der Waals surface area contributed by atoms with E-state index >= 15 is 0 Å². The number of ether oxygens (including phenoxy) is 1. The Kier molecular flexibility index (Phi) is 8.12. The summed E-state index contributed by atoms with van der Waals surface area (Å²) in [6.45, 7) is 2.63. The van der Waals surface area contributed by atoms with Crippen LogP contribution in [0.1, 0.15) is 39.0 Å². The molecule has 1 N–H and O–H groups in total. The molecule has 1 aliphatic carbocycles. The second-order valence-electron chi connectivity index (χ2n) is 7.47. The van der Waals surface area contributed by atoms with Gasteiger partial charge in [0.25, 0.3) is 15.9 Å². The Hall–Kier alpha value is -2.80. The lowest BCUT2D eigenvalue weighted by molar-refractivity contribution is -0.123. The van der Waals surface area contributed by atoms with Crippen LogP contribution in [0, 0.1) is 0 Å². The van der Waals surface area contributed by atoms with E-state index in [2.05, 4.69) is 11.4 Å². The molecule has 0 saturated heterocycles. The number of sulfonamides is 1. The van der Waals surface area contributed by atoms with Gasteiger partial charge in [-0.15, -0.1) is 0 Å². The average Bonchev–Trinajstić information content (AvgIpc) is 2.80. The zero-order valence-corrected chi connectivity index (χ0v) is 18.7. The van der Waals surface area contributed by atoms with Gasteiger partial charge in [0.15, 0.2) is 6.61 Å². The van der Waals surface area contributed by atoms with Gasteiger partial charge in [-0.2, -0.15) is 0 Å². The minimum Gasteiger partial charge on any atom is -0.484 e. The highest BCUT2D eigenvalue weighted by Crippen LogP contribution is 2.25. The van der Waals surface area contributed by atoms with Crippen molar-refractivity contribution in [2.75, 3.05) is 24.0 Å². The fourth-order valence-corrected chi connectivity index (χ4v) is 5.09. The van der Waals surface area contributed by atoms with Crippen molar-refractivity contribution in [1.29, 1.82) is 0 Å². The maximum atomic E-state index is 13.0. The largest absolute Gasteiger partial charge is 0.484 e. The fourth-order valence-electron chi connectivity index (χ4n) is 3.61. The lowest BCUT2D eigenvalue weighted by Crippen LogP contribution is -2.31. The molecule has 2 aromatic carbocycles. The van der Waals surface area contributed by atoms with Gasteiger partial charge in [-0.1, -0.05) is 29.8 Å². The van der Waals surface area contributed by atoms with Crippen LogP contribution >= 0.6 is 0 Å². The summed E-state index contributed by atoms with van der Waals surface area (Å²) in [5.41, 5.74) is 2.03. The van der Waals surface area contributed by atoms with Crippen LogP contribution in [-0.2, 0) is 14.8 Å². The molecule has 0 fully saturated rings. The molecule has 7 heteroatoms. The number of hydrogen-bond acceptors (Lipinski definition) is 4. The van der Waals surface area contributed by atoms with E-state index in [0.717, 1.165) is 19.3 Å². The van der Waals surface area contributed by atoms with Crippen molar-refractivity contribution in [3.8, 4) is 5.75 Å². The lowest BCUT2D eigenvalue weighted by Gasteiger charge is -2.23. The standard InChI is InChI=1S/C24H30N2O4S/c1-2-26(21-11-7-4-8-12-21)31(28,29)23-15-13-22(14-16-23)30-19-24(27)25-18-17-20-9-5-3-6-10-20/h4,7-9,11-16H,2-3,5-6,10,17-19H2,1H3,(H,25,27). The smallest absolute Gasteiger partial charge is 0.264 e. The molecule has 3 rings (SSSR count). The van der Waals surface area contributed by atoms with Gasteiger partial charge in [0.05, 0.1) is 10.6 Å². The van der Waals surface area contributed by atoms with E-state index in [1.807, 2.05) is 18.2 Å². The van der Waals surface area contributed by atoms with Crippen LogP contribution in [0.4, 0.5) is 5.69 Å². The Balaban J connectivity index is 1.52. The molecule has 2 aromatic rings. The Labute approximate surface area is 185 Å². The van der Waals surface area contributed by atoms with Gasteiger partial charge in [-0.3, -0.25) is 9.10 Å². The van der Waals surface area contributed by atoms with E-state index in [1.54, 1.807) is 31.2 Å². The highest BCUT2D eigenvalue weighted by Gasteiger charge is 2.23. The summed E-state index contributed by atoms with van der Waals surface area (Å²) < 4.78 is 32.9. The first-order valence-electron chi connectivity index (χ1n) is 10.8. The lowest BCUT2D eigenvalue weighted by atomic mass is 9.97. The number of rotatable bonds is 10. The summed E-state index contributed by atoms with van der Waals surface area (Å²) in [5, 5.41) is 2.87. The van der Waals surface area contributed by atoms with Crippen LogP contribution in [0.2, 0.25) is 0 Å². The first kappa shape index (κ1) is 22.9. The number of nitrogens with one attached hydrogen (secondary N) is 1. The maximum absolute atomic E-state index is 13.0. The monoisotopic (exact) mass is 442 g/mol. The summed E-state index contributed by atoms with van der Waals surface area (Å²) in [5.74, 6) is 0.265.